The van der Waals surface area contributed by atoms with Crippen LogP contribution in [-0.2, 0) is 6.42 Å². The lowest BCUT2D eigenvalue weighted by atomic mass is 9.96. The molecule has 0 fully saturated rings. The SMILES string of the molecule is NCC(F)(Cc1ccccc1)C(F)(F)F. The molecule has 0 aromatic heterocycles. The first kappa shape index (κ1) is 12.0. The molecule has 1 unspecified atom stereocenters. The predicted molar refractivity (Wildman–Crippen MR) is 49.1 cm³/mol. The maximum Gasteiger partial charge on any atom is 0.424 e. The van der Waals surface area contributed by atoms with Crippen LogP contribution in [0.5, 0.6) is 0 Å². The minimum Gasteiger partial charge on any atom is -0.327 e. The number of hydrogen-bond donors (Lipinski definition) is 1. The second-order valence-corrected chi connectivity index (χ2v) is 3.33. The summed E-state index contributed by atoms with van der Waals surface area (Å²) in [6.07, 6.45) is -5.68. The molecule has 0 saturated heterocycles. The van der Waals surface area contributed by atoms with Crippen LogP contribution in [0, 0.1) is 0 Å². The molecule has 5 heteroatoms. The van der Waals surface area contributed by atoms with Crippen LogP contribution >= 0.6 is 0 Å². The molecule has 1 aromatic carbocycles. The zero-order valence-corrected chi connectivity index (χ0v) is 7.89. The molecule has 84 valence electrons. The number of hydrogen-bond acceptors (Lipinski definition) is 1. The summed E-state index contributed by atoms with van der Waals surface area (Å²) >= 11 is 0. The molecule has 15 heavy (non-hydrogen) atoms. The highest BCUT2D eigenvalue weighted by Crippen LogP contribution is 2.35. The minimum absolute atomic E-state index is 0.280. The van der Waals surface area contributed by atoms with Gasteiger partial charge in [0.25, 0.3) is 0 Å². The molecule has 0 radical (unpaired) electrons. The summed E-state index contributed by atoms with van der Waals surface area (Å²) in [6, 6.07) is 7.65. The van der Waals surface area contributed by atoms with Gasteiger partial charge in [0.2, 0.25) is 5.67 Å². The van der Waals surface area contributed by atoms with E-state index in [1.807, 2.05) is 0 Å². The molecular weight excluding hydrogens is 210 g/mol. The Bertz CT molecular complexity index is 309. The normalized spacial score (nSPS) is 16.1. The Morgan fingerprint density at radius 1 is 1.00 bits per heavy atom. The van der Waals surface area contributed by atoms with Crippen molar-refractivity contribution in [3.8, 4) is 0 Å². The number of alkyl halides is 4. The maximum atomic E-state index is 13.5. The molecular formula is C10H11F4N. The predicted octanol–water partition coefficient (Wildman–Crippen LogP) is 2.46. The van der Waals surface area contributed by atoms with Gasteiger partial charge in [-0.3, -0.25) is 0 Å². The highest BCUT2D eigenvalue weighted by molar-refractivity contribution is 5.18. The Morgan fingerprint density at radius 3 is 1.93 bits per heavy atom. The van der Waals surface area contributed by atoms with Crippen LogP contribution in [0.25, 0.3) is 0 Å². The zero-order chi connectivity index (χ0) is 11.5. The van der Waals surface area contributed by atoms with Gasteiger partial charge in [0.1, 0.15) is 0 Å². The third kappa shape index (κ3) is 2.68. The van der Waals surface area contributed by atoms with Crippen molar-refractivity contribution < 1.29 is 17.6 Å². The molecule has 0 spiro atoms. The first-order valence-corrected chi connectivity index (χ1v) is 4.39. The van der Waals surface area contributed by atoms with E-state index in [2.05, 4.69) is 0 Å². The Kier molecular flexibility index (Phi) is 3.34. The lowest BCUT2D eigenvalue weighted by molar-refractivity contribution is -0.226. The van der Waals surface area contributed by atoms with Crippen LogP contribution in [-0.4, -0.2) is 18.4 Å². The Morgan fingerprint density at radius 2 is 1.53 bits per heavy atom. The van der Waals surface area contributed by atoms with Crippen LogP contribution in [0.1, 0.15) is 5.56 Å². The molecule has 2 N–H and O–H groups in total. The van der Waals surface area contributed by atoms with Crippen molar-refractivity contribution in [2.24, 2.45) is 5.73 Å². The fourth-order valence-corrected chi connectivity index (χ4v) is 1.21. The van der Waals surface area contributed by atoms with Gasteiger partial charge in [-0.25, -0.2) is 4.39 Å². The summed E-state index contributed by atoms with van der Waals surface area (Å²) in [5.74, 6) is 0. The highest BCUT2D eigenvalue weighted by atomic mass is 19.4. The summed E-state index contributed by atoms with van der Waals surface area (Å²) in [6.45, 7) is -1.06. The second-order valence-electron chi connectivity index (χ2n) is 3.33. The molecule has 0 aliphatic carbocycles. The molecule has 1 nitrogen and oxygen atoms in total. The standard InChI is InChI=1S/C10H11F4N/c11-9(7-15,10(12,13)14)6-8-4-2-1-3-5-8/h1-5H,6-7,15H2. The van der Waals surface area contributed by atoms with E-state index in [0.717, 1.165) is 0 Å². The van der Waals surface area contributed by atoms with Gasteiger partial charge >= 0.3 is 6.18 Å². The monoisotopic (exact) mass is 221 g/mol. The smallest absolute Gasteiger partial charge is 0.327 e. The zero-order valence-electron chi connectivity index (χ0n) is 7.89. The van der Waals surface area contributed by atoms with Crippen LogP contribution in [0.2, 0.25) is 0 Å². The molecule has 0 aliphatic rings. The van der Waals surface area contributed by atoms with Crippen LogP contribution in [0.15, 0.2) is 30.3 Å². The van der Waals surface area contributed by atoms with Crippen LogP contribution in [0.4, 0.5) is 17.6 Å². The Hall–Kier alpha value is -1.10. The van der Waals surface area contributed by atoms with E-state index in [1.165, 1.54) is 12.1 Å². The van der Waals surface area contributed by atoms with Crippen molar-refractivity contribution in [1.82, 2.24) is 0 Å². The first-order chi connectivity index (χ1) is 6.89. The molecule has 0 bridgehead atoms. The third-order valence-electron chi connectivity index (χ3n) is 2.16. The van der Waals surface area contributed by atoms with Gasteiger partial charge in [0.15, 0.2) is 0 Å². The third-order valence-corrected chi connectivity index (χ3v) is 2.16. The molecule has 0 saturated carbocycles. The van der Waals surface area contributed by atoms with Gasteiger partial charge in [-0.05, 0) is 5.56 Å². The van der Waals surface area contributed by atoms with Gasteiger partial charge < -0.3 is 5.73 Å². The summed E-state index contributed by atoms with van der Waals surface area (Å²) in [5.41, 5.74) is 1.79. The lowest BCUT2D eigenvalue weighted by Gasteiger charge is -2.26. The summed E-state index contributed by atoms with van der Waals surface area (Å²) in [7, 11) is 0. The fraction of sp³-hybridized carbons (Fsp3) is 0.400. The molecule has 0 aliphatic heterocycles. The van der Waals surface area contributed by atoms with Crippen LogP contribution in [0.3, 0.4) is 0 Å². The van der Waals surface area contributed by atoms with Gasteiger partial charge in [-0.15, -0.1) is 0 Å². The largest absolute Gasteiger partial charge is 0.424 e. The highest BCUT2D eigenvalue weighted by Gasteiger charge is 2.54. The van der Waals surface area contributed by atoms with Crippen LogP contribution < -0.4 is 5.73 Å². The molecule has 0 heterocycles. The minimum atomic E-state index is -4.93. The second kappa shape index (κ2) is 4.18. The van der Waals surface area contributed by atoms with E-state index in [9.17, 15) is 17.6 Å². The van der Waals surface area contributed by atoms with Crippen molar-refractivity contribution in [1.29, 1.82) is 0 Å². The average Bonchev–Trinajstić information content (AvgIpc) is 2.17. The van der Waals surface area contributed by atoms with Crippen molar-refractivity contribution in [3.63, 3.8) is 0 Å². The Labute approximate surface area is 84.9 Å². The number of benzene rings is 1. The van der Waals surface area contributed by atoms with Crippen molar-refractivity contribution in [2.45, 2.75) is 18.3 Å². The number of nitrogens with two attached hydrogens (primary N) is 1. The van der Waals surface area contributed by atoms with E-state index in [0.29, 0.717) is 0 Å². The van der Waals surface area contributed by atoms with Gasteiger partial charge in [0, 0.05) is 13.0 Å². The number of halogens is 4. The summed E-state index contributed by atoms with van der Waals surface area (Å²) in [5, 5.41) is 0. The van der Waals surface area contributed by atoms with Crippen molar-refractivity contribution in [3.05, 3.63) is 35.9 Å². The average molecular weight is 221 g/mol. The summed E-state index contributed by atoms with van der Waals surface area (Å²) < 4.78 is 50.5. The van der Waals surface area contributed by atoms with E-state index < -0.39 is 24.8 Å². The van der Waals surface area contributed by atoms with Gasteiger partial charge in [-0.1, -0.05) is 30.3 Å². The quantitative estimate of drug-likeness (QED) is 0.779. The maximum absolute atomic E-state index is 13.5. The van der Waals surface area contributed by atoms with Gasteiger partial charge in [-0.2, -0.15) is 13.2 Å². The van der Waals surface area contributed by atoms with E-state index in [-0.39, 0.29) is 5.56 Å². The molecule has 1 atom stereocenters. The number of rotatable bonds is 3. The van der Waals surface area contributed by atoms with Crippen molar-refractivity contribution in [2.75, 3.05) is 6.54 Å². The molecule has 0 amide bonds. The van der Waals surface area contributed by atoms with E-state index in [1.54, 1.807) is 18.2 Å². The Balaban J connectivity index is 2.87. The summed E-state index contributed by atoms with van der Waals surface area (Å²) in [4.78, 5) is 0. The molecule has 1 aromatic rings. The molecule has 1 rings (SSSR count). The van der Waals surface area contributed by atoms with Gasteiger partial charge in [0.05, 0.1) is 0 Å². The van der Waals surface area contributed by atoms with E-state index >= 15 is 0 Å². The first-order valence-electron chi connectivity index (χ1n) is 4.39. The topological polar surface area (TPSA) is 26.0 Å². The fourth-order valence-electron chi connectivity index (χ4n) is 1.21. The lowest BCUT2D eigenvalue weighted by Crippen LogP contribution is -2.49. The van der Waals surface area contributed by atoms with Crippen molar-refractivity contribution >= 4 is 0 Å². The van der Waals surface area contributed by atoms with E-state index in [4.69, 9.17) is 5.73 Å².